The first kappa shape index (κ1) is 17.2. The van der Waals surface area contributed by atoms with E-state index in [0.717, 1.165) is 11.3 Å². The van der Waals surface area contributed by atoms with Crippen LogP contribution in [0.25, 0.3) is 0 Å². The molecule has 0 N–H and O–H groups in total. The third-order valence-corrected chi connectivity index (χ3v) is 4.51. The standard InChI is InChI=1S/C20H19FN4O2/c1-14-8-15(10-22-9-14)20(26)25-11-16-4-3-7-24(16)12-17(13-25)27-19-18(21)5-2-6-23-19/h2-10,17H,11-13H2,1H3/t17-/m1/s1. The van der Waals surface area contributed by atoms with Crippen molar-refractivity contribution < 1.29 is 13.9 Å². The van der Waals surface area contributed by atoms with E-state index in [1.54, 1.807) is 17.3 Å². The lowest BCUT2D eigenvalue weighted by Gasteiger charge is -2.24. The Morgan fingerprint density at radius 1 is 1.26 bits per heavy atom. The Bertz CT molecular complexity index is 972. The maximum Gasteiger partial charge on any atom is 0.255 e. The third kappa shape index (κ3) is 3.67. The number of nitrogens with zero attached hydrogens (tertiary/aromatic N) is 4. The summed E-state index contributed by atoms with van der Waals surface area (Å²) in [5.74, 6) is -0.700. The number of rotatable bonds is 3. The van der Waals surface area contributed by atoms with E-state index in [2.05, 4.69) is 9.97 Å². The Morgan fingerprint density at radius 3 is 2.96 bits per heavy atom. The summed E-state index contributed by atoms with van der Waals surface area (Å²) in [7, 11) is 0. The second kappa shape index (κ2) is 7.19. The van der Waals surface area contributed by atoms with Gasteiger partial charge < -0.3 is 14.2 Å². The number of ether oxygens (including phenoxy) is 1. The summed E-state index contributed by atoms with van der Waals surface area (Å²) in [5.41, 5.74) is 2.44. The normalized spacial score (nSPS) is 16.5. The molecular formula is C20H19FN4O2. The summed E-state index contributed by atoms with van der Waals surface area (Å²) in [4.78, 5) is 22.8. The summed E-state index contributed by atoms with van der Waals surface area (Å²) in [5, 5.41) is 0. The van der Waals surface area contributed by atoms with Crippen molar-refractivity contribution in [2.24, 2.45) is 0 Å². The van der Waals surface area contributed by atoms with E-state index < -0.39 is 11.9 Å². The molecule has 7 heteroatoms. The van der Waals surface area contributed by atoms with Crippen LogP contribution in [0.3, 0.4) is 0 Å². The van der Waals surface area contributed by atoms with Crippen LogP contribution in [0, 0.1) is 12.7 Å². The van der Waals surface area contributed by atoms with Crippen LogP contribution >= 0.6 is 0 Å². The largest absolute Gasteiger partial charge is 0.468 e. The van der Waals surface area contributed by atoms with Gasteiger partial charge in [-0.1, -0.05) is 0 Å². The van der Waals surface area contributed by atoms with Gasteiger partial charge in [0.15, 0.2) is 5.82 Å². The van der Waals surface area contributed by atoms with Crippen LogP contribution in [0.4, 0.5) is 4.39 Å². The fourth-order valence-electron chi connectivity index (χ4n) is 3.25. The van der Waals surface area contributed by atoms with E-state index in [1.165, 1.54) is 18.3 Å². The van der Waals surface area contributed by atoms with Gasteiger partial charge in [-0.15, -0.1) is 0 Å². The molecule has 0 aliphatic carbocycles. The maximum atomic E-state index is 14.0. The van der Waals surface area contributed by atoms with Crippen LogP contribution in [0.1, 0.15) is 21.6 Å². The molecule has 0 fully saturated rings. The number of fused-ring (bicyclic) bond motifs is 1. The number of aryl methyl sites for hydroxylation is 1. The summed E-state index contributed by atoms with van der Waals surface area (Å²) in [6.07, 6.45) is 6.26. The highest BCUT2D eigenvalue weighted by Gasteiger charge is 2.27. The first-order valence-electron chi connectivity index (χ1n) is 8.72. The number of pyridine rings is 2. The van der Waals surface area contributed by atoms with Gasteiger partial charge in [0.1, 0.15) is 6.10 Å². The van der Waals surface area contributed by atoms with E-state index in [9.17, 15) is 9.18 Å². The van der Waals surface area contributed by atoms with E-state index >= 15 is 0 Å². The van der Waals surface area contributed by atoms with Crippen LogP contribution < -0.4 is 4.74 Å². The molecule has 27 heavy (non-hydrogen) atoms. The molecule has 0 spiro atoms. The van der Waals surface area contributed by atoms with Gasteiger partial charge in [0.2, 0.25) is 0 Å². The molecule has 0 aromatic carbocycles. The number of halogens is 1. The summed E-state index contributed by atoms with van der Waals surface area (Å²) in [6.45, 7) is 3.18. The zero-order chi connectivity index (χ0) is 18.8. The van der Waals surface area contributed by atoms with Gasteiger partial charge in [-0.05, 0) is 42.8 Å². The molecule has 0 saturated carbocycles. The predicted octanol–water partition coefficient (Wildman–Crippen LogP) is 2.83. The molecule has 4 rings (SSSR count). The first-order valence-corrected chi connectivity index (χ1v) is 8.72. The SMILES string of the molecule is Cc1cncc(C(=O)N2Cc3cccn3C[C@@H](Oc3ncccc3F)C2)c1. The molecule has 1 amide bonds. The van der Waals surface area contributed by atoms with Crippen molar-refractivity contribution in [1.82, 2.24) is 19.4 Å². The second-order valence-corrected chi connectivity index (χ2v) is 6.62. The predicted molar refractivity (Wildman–Crippen MR) is 96.8 cm³/mol. The molecule has 1 atom stereocenters. The highest BCUT2D eigenvalue weighted by molar-refractivity contribution is 5.94. The average molecular weight is 366 g/mol. The summed E-state index contributed by atoms with van der Waals surface area (Å²) >= 11 is 0. The van der Waals surface area contributed by atoms with Crippen LogP contribution in [0.5, 0.6) is 5.88 Å². The molecule has 0 unspecified atom stereocenters. The van der Waals surface area contributed by atoms with Crippen molar-refractivity contribution >= 4 is 5.91 Å². The first-order chi connectivity index (χ1) is 13.1. The van der Waals surface area contributed by atoms with E-state index in [0.29, 0.717) is 25.2 Å². The molecule has 1 aliphatic heterocycles. The lowest BCUT2D eigenvalue weighted by Crippen LogP contribution is -2.39. The Labute approximate surface area is 156 Å². The molecule has 6 nitrogen and oxygen atoms in total. The smallest absolute Gasteiger partial charge is 0.255 e. The Hall–Kier alpha value is -3.22. The number of carbonyl (C=O) groups excluding carboxylic acids is 1. The molecule has 4 heterocycles. The lowest BCUT2D eigenvalue weighted by molar-refractivity contribution is 0.0640. The second-order valence-electron chi connectivity index (χ2n) is 6.62. The van der Waals surface area contributed by atoms with Crippen LogP contribution in [0.15, 0.2) is 55.1 Å². The average Bonchev–Trinajstić information content (AvgIpc) is 3.01. The number of carbonyl (C=O) groups is 1. The zero-order valence-corrected chi connectivity index (χ0v) is 14.9. The molecule has 1 aliphatic rings. The molecule has 3 aromatic rings. The van der Waals surface area contributed by atoms with E-state index in [4.69, 9.17) is 4.74 Å². The van der Waals surface area contributed by atoms with Crippen LogP contribution in [-0.2, 0) is 13.1 Å². The van der Waals surface area contributed by atoms with Crippen LogP contribution in [-0.4, -0.2) is 38.0 Å². The Balaban J connectivity index is 1.62. The van der Waals surface area contributed by atoms with Crippen molar-refractivity contribution in [1.29, 1.82) is 0 Å². The van der Waals surface area contributed by atoms with E-state index in [-0.39, 0.29) is 11.8 Å². The molecular weight excluding hydrogens is 347 g/mol. The minimum Gasteiger partial charge on any atom is -0.468 e. The monoisotopic (exact) mass is 366 g/mol. The van der Waals surface area contributed by atoms with Crippen molar-refractivity contribution in [3.8, 4) is 5.88 Å². The lowest BCUT2D eigenvalue weighted by atomic mass is 10.2. The van der Waals surface area contributed by atoms with Gasteiger partial charge in [-0.2, -0.15) is 0 Å². The highest BCUT2D eigenvalue weighted by Crippen LogP contribution is 2.20. The summed E-state index contributed by atoms with van der Waals surface area (Å²) < 4.78 is 21.8. The highest BCUT2D eigenvalue weighted by atomic mass is 19.1. The number of aromatic nitrogens is 3. The van der Waals surface area contributed by atoms with Crippen molar-refractivity contribution in [3.05, 3.63) is 77.8 Å². The van der Waals surface area contributed by atoms with Gasteiger partial charge >= 0.3 is 0 Å². The van der Waals surface area contributed by atoms with Crippen molar-refractivity contribution in [3.63, 3.8) is 0 Å². The Kier molecular flexibility index (Phi) is 4.58. The zero-order valence-electron chi connectivity index (χ0n) is 14.9. The molecule has 0 bridgehead atoms. The van der Waals surface area contributed by atoms with Crippen molar-refractivity contribution in [2.45, 2.75) is 26.1 Å². The topological polar surface area (TPSA) is 60.2 Å². The minimum atomic E-state index is -0.518. The van der Waals surface area contributed by atoms with Gasteiger partial charge in [0.25, 0.3) is 11.8 Å². The minimum absolute atomic E-state index is 0.0530. The van der Waals surface area contributed by atoms with Crippen molar-refractivity contribution in [2.75, 3.05) is 6.54 Å². The van der Waals surface area contributed by atoms with Gasteiger partial charge in [0.05, 0.1) is 25.2 Å². The number of amides is 1. The third-order valence-electron chi connectivity index (χ3n) is 4.51. The molecule has 0 radical (unpaired) electrons. The fraction of sp³-hybridized carbons (Fsp3) is 0.250. The molecule has 138 valence electrons. The fourth-order valence-corrected chi connectivity index (χ4v) is 3.25. The van der Waals surface area contributed by atoms with Gasteiger partial charge in [0, 0.05) is 30.5 Å². The quantitative estimate of drug-likeness (QED) is 0.715. The van der Waals surface area contributed by atoms with Gasteiger partial charge in [-0.25, -0.2) is 9.37 Å². The maximum absolute atomic E-state index is 14.0. The summed E-state index contributed by atoms with van der Waals surface area (Å²) in [6, 6.07) is 8.53. The Morgan fingerprint density at radius 2 is 2.15 bits per heavy atom. The van der Waals surface area contributed by atoms with Gasteiger partial charge in [-0.3, -0.25) is 9.78 Å². The molecule has 3 aromatic heterocycles. The number of hydrogen-bond donors (Lipinski definition) is 0. The number of hydrogen-bond acceptors (Lipinski definition) is 4. The van der Waals surface area contributed by atoms with E-state index in [1.807, 2.05) is 35.9 Å². The molecule has 0 saturated heterocycles. The van der Waals surface area contributed by atoms with Crippen LogP contribution in [0.2, 0.25) is 0 Å².